The summed E-state index contributed by atoms with van der Waals surface area (Å²) in [7, 11) is 0. The molecule has 0 radical (unpaired) electrons. The maximum atomic E-state index is 10.6. The third-order valence-corrected chi connectivity index (χ3v) is 3.48. The number of hydrogen-bond acceptors (Lipinski definition) is 3. The van der Waals surface area contributed by atoms with Gasteiger partial charge < -0.3 is 5.73 Å². The Morgan fingerprint density at radius 2 is 2.19 bits per heavy atom. The predicted octanol–water partition coefficient (Wildman–Crippen LogP) is 2.21. The fraction of sp³-hybridized carbons (Fsp3) is 0.182. The van der Waals surface area contributed by atoms with Crippen molar-refractivity contribution < 1.29 is 10.0 Å². The number of fused-ring (bicyclic) bond motifs is 1. The summed E-state index contributed by atoms with van der Waals surface area (Å²) in [6.45, 7) is 0.224. The molecule has 2 amide bonds. The number of thiophene rings is 1. The highest BCUT2D eigenvalue weighted by Gasteiger charge is 2.07. The highest BCUT2D eigenvalue weighted by atomic mass is 32.1. The third-order valence-electron chi connectivity index (χ3n) is 2.30. The van der Waals surface area contributed by atoms with E-state index in [1.807, 2.05) is 24.3 Å². The number of hydrogen-bond donors (Lipinski definition) is 2. The molecule has 3 N–H and O–H groups in total. The standard InChI is InChI=1S/C11H12N2O2S/c12-11(14)13(15)6-5-9-7-8-3-1-2-4-10(8)16-9/h1-4,7,15H,5-6H2,(H2,12,14). The molecule has 0 aliphatic carbocycles. The van der Waals surface area contributed by atoms with Crippen molar-refractivity contribution in [2.75, 3.05) is 6.54 Å². The molecular weight excluding hydrogens is 224 g/mol. The summed E-state index contributed by atoms with van der Waals surface area (Å²) < 4.78 is 1.21. The van der Waals surface area contributed by atoms with Crippen LogP contribution in [0, 0.1) is 0 Å². The van der Waals surface area contributed by atoms with Gasteiger partial charge in [-0.1, -0.05) is 18.2 Å². The summed E-state index contributed by atoms with van der Waals surface area (Å²) in [5, 5.41) is 10.8. The van der Waals surface area contributed by atoms with Crippen LogP contribution in [0.1, 0.15) is 4.88 Å². The second-order valence-corrected chi connectivity index (χ2v) is 4.63. The second-order valence-electron chi connectivity index (χ2n) is 3.46. The Kier molecular flexibility index (Phi) is 3.07. The van der Waals surface area contributed by atoms with Crippen molar-refractivity contribution in [1.82, 2.24) is 5.06 Å². The van der Waals surface area contributed by atoms with Gasteiger partial charge in [-0.05, 0) is 17.5 Å². The Morgan fingerprint density at radius 3 is 2.88 bits per heavy atom. The van der Waals surface area contributed by atoms with Gasteiger partial charge in [-0.3, -0.25) is 5.21 Å². The van der Waals surface area contributed by atoms with Crippen LogP contribution in [0.25, 0.3) is 10.1 Å². The van der Waals surface area contributed by atoms with E-state index in [0.29, 0.717) is 11.5 Å². The maximum absolute atomic E-state index is 10.6. The third kappa shape index (κ3) is 2.32. The van der Waals surface area contributed by atoms with Crippen molar-refractivity contribution in [3.05, 3.63) is 35.2 Å². The lowest BCUT2D eigenvalue weighted by Crippen LogP contribution is -2.34. The van der Waals surface area contributed by atoms with Crippen molar-refractivity contribution in [3.63, 3.8) is 0 Å². The Hall–Kier alpha value is -1.59. The van der Waals surface area contributed by atoms with Crippen molar-refractivity contribution in [1.29, 1.82) is 0 Å². The molecule has 2 aromatic rings. The number of carbonyl (C=O) groups excluding carboxylic acids is 1. The molecule has 0 spiro atoms. The van der Waals surface area contributed by atoms with E-state index in [1.165, 1.54) is 10.1 Å². The number of amides is 2. The monoisotopic (exact) mass is 236 g/mol. The molecular formula is C11H12N2O2S. The van der Waals surface area contributed by atoms with Gasteiger partial charge in [0.1, 0.15) is 0 Å². The van der Waals surface area contributed by atoms with Crippen molar-refractivity contribution in [3.8, 4) is 0 Å². The lowest BCUT2D eigenvalue weighted by molar-refractivity contribution is -0.0380. The minimum Gasteiger partial charge on any atom is -0.350 e. The first kappa shape index (κ1) is 10.9. The molecule has 0 saturated heterocycles. The number of primary amides is 1. The molecule has 2 rings (SSSR count). The summed E-state index contributed by atoms with van der Waals surface area (Å²) in [4.78, 5) is 11.7. The SMILES string of the molecule is NC(=O)N(O)CCc1cc2ccccc2s1. The van der Waals surface area contributed by atoms with Crippen LogP contribution in [-0.4, -0.2) is 22.8 Å². The second kappa shape index (κ2) is 4.51. The predicted molar refractivity (Wildman–Crippen MR) is 63.6 cm³/mol. The average Bonchev–Trinajstić information content (AvgIpc) is 2.68. The molecule has 16 heavy (non-hydrogen) atoms. The molecule has 0 aliphatic rings. The topological polar surface area (TPSA) is 66.6 Å². The zero-order valence-electron chi connectivity index (χ0n) is 8.59. The van der Waals surface area contributed by atoms with Gasteiger partial charge in [0.15, 0.2) is 0 Å². The molecule has 0 saturated carbocycles. The number of carbonyl (C=O) groups is 1. The Labute approximate surface area is 96.9 Å². The lowest BCUT2D eigenvalue weighted by Gasteiger charge is -2.09. The first-order valence-corrected chi connectivity index (χ1v) is 5.72. The summed E-state index contributed by atoms with van der Waals surface area (Å²) in [6, 6.07) is 9.31. The van der Waals surface area contributed by atoms with Gasteiger partial charge in [0, 0.05) is 16.0 Å². The summed E-state index contributed by atoms with van der Waals surface area (Å²) in [5.41, 5.74) is 4.92. The highest BCUT2D eigenvalue weighted by Crippen LogP contribution is 2.25. The molecule has 1 aromatic carbocycles. The molecule has 0 fully saturated rings. The number of nitrogens with zero attached hydrogens (tertiary/aromatic N) is 1. The van der Waals surface area contributed by atoms with Crippen LogP contribution in [0.2, 0.25) is 0 Å². The first-order valence-electron chi connectivity index (χ1n) is 4.90. The van der Waals surface area contributed by atoms with Crippen LogP contribution >= 0.6 is 11.3 Å². The van der Waals surface area contributed by atoms with E-state index in [0.717, 1.165) is 4.88 Å². The Balaban J connectivity index is 2.07. The van der Waals surface area contributed by atoms with Gasteiger partial charge in [0.25, 0.3) is 0 Å². The molecule has 1 heterocycles. The molecule has 0 bridgehead atoms. The van der Waals surface area contributed by atoms with Gasteiger partial charge in [0.2, 0.25) is 0 Å². The normalized spacial score (nSPS) is 10.6. The van der Waals surface area contributed by atoms with E-state index in [-0.39, 0.29) is 6.54 Å². The minimum absolute atomic E-state index is 0.224. The van der Waals surface area contributed by atoms with E-state index in [1.54, 1.807) is 11.3 Å². The molecule has 0 aliphatic heterocycles. The van der Waals surface area contributed by atoms with Gasteiger partial charge in [0.05, 0.1) is 6.54 Å². The molecule has 0 atom stereocenters. The molecule has 84 valence electrons. The smallest absolute Gasteiger partial charge is 0.338 e. The lowest BCUT2D eigenvalue weighted by atomic mass is 10.2. The van der Waals surface area contributed by atoms with Crippen LogP contribution in [0.5, 0.6) is 0 Å². The Bertz CT molecular complexity index is 476. The number of hydroxylamine groups is 2. The molecule has 1 aromatic heterocycles. The van der Waals surface area contributed by atoms with Gasteiger partial charge in [-0.25, -0.2) is 9.86 Å². The Morgan fingerprint density at radius 1 is 1.44 bits per heavy atom. The van der Waals surface area contributed by atoms with Crippen LogP contribution in [0.3, 0.4) is 0 Å². The average molecular weight is 236 g/mol. The zero-order valence-corrected chi connectivity index (χ0v) is 9.41. The molecule has 5 heteroatoms. The fourth-order valence-corrected chi connectivity index (χ4v) is 2.54. The summed E-state index contributed by atoms with van der Waals surface area (Å²) >= 11 is 1.66. The number of rotatable bonds is 3. The zero-order chi connectivity index (χ0) is 11.5. The van der Waals surface area contributed by atoms with E-state index in [4.69, 9.17) is 10.9 Å². The summed E-state index contributed by atoms with van der Waals surface area (Å²) in [5.74, 6) is 0. The minimum atomic E-state index is -0.818. The number of urea groups is 1. The van der Waals surface area contributed by atoms with Gasteiger partial charge in [-0.15, -0.1) is 11.3 Å². The van der Waals surface area contributed by atoms with E-state index < -0.39 is 6.03 Å². The van der Waals surface area contributed by atoms with Crippen molar-refractivity contribution in [2.24, 2.45) is 5.73 Å². The number of benzene rings is 1. The van der Waals surface area contributed by atoms with Crippen LogP contribution < -0.4 is 5.73 Å². The highest BCUT2D eigenvalue weighted by molar-refractivity contribution is 7.19. The maximum Gasteiger partial charge on any atom is 0.338 e. The van der Waals surface area contributed by atoms with E-state index in [9.17, 15) is 4.79 Å². The summed E-state index contributed by atoms with van der Waals surface area (Å²) in [6.07, 6.45) is 0.610. The van der Waals surface area contributed by atoms with E-state index in [2.05, 4.69) is 6.07 Å². The number of nitrogens with two attached hydrogens (primary N) is 1. The fourth-order valence-electron chi connectivity index (χ4n) is 1.49. The quantitative estimate of drug-likeness (QED) is 0.633. The van der Waals surface area contributed by atoms with Gasteiger partial charge in [-0.2, -0.15) is 0 Å². The van der Waals surface area contributed by atoms with Crippen LogP contribution in [-0.2, 0) is 6.42 Å². The largest absolute Gasteiger partial charge is 0.350 e. The molecule has 4 nitrogen and oxygen atoms in total. The van der Waals surface area contributed by atoms with Crippen molar-refractivity contribution in [2.45, 2.75) is 6.42 Å². The van der Waals surface area contributed by atoms with Crippen molar-refractivity contribution >= 4 is 27.5 Å². The van der Waals surface area contributed by atoms with E-state index >= 15 is 0 Å². The van der Waals surface area contributed by atoms with Gasteiger partial charge >= 0.3 is 6.03 Å². The molecule has 0 unspecified atom stereocenters. The first-order chi connectivity index (χ1) is 7.66. The van der Waals surface area contributed by atoms with Crippen LogP contribution in [0.15, 0.2) is 30.3 Å². The van der Waals surface area contributed by atoms with Crippen LogP contribution in [0.4, 0.5) is 4.79 Å².